The first-order valence-corrected chi connectivity index (χ1v) is 7.97. The van der Waals surface area contributed by atoms with E-state index in [2.05, 4.69) is 6.92 Å². The van der Waals surface area contributed by atoms with E-state index in [0.29, 0.717) is 12.2 Å². The molecule has 0 bridgehead atoms. The highest BCUT2D eigenvalue weighted by Gasteiger charge is 2.16. The zero-order valence-electron chi connectivity index (χ0n) is 13.3. The molecule has 0 fully saturated rings. The van der Waals surface area contributed by atoms with Crippen molar-refractivity contribution >= 4 is 5.97 Å². The molecule has 5 nitrogen and oxygen atoms in total. The molecule has 0 radical (unpaired) electrons. The lowest BCUT2D eigenvalue weighted by Gasteiger charge is -2.12. The van der Waals surface area contributed by atoms with Crippen molar-refractivity contribution in [3.8, 4) is 11.5 Å². The van der Waals surface area contributed by atoms with Crippen molar-refractivity contribution in [1.82, 2.24) is 0 Å². The molecular weight excluding hydrogens is 282 g/mol. The Kier molecular flexibility index (Phi) is 8.36. The van der Waals surface area contributed by atoms with Crippen molar-refractivity contribution in [1.29, 1.82) is 0 Å². The molecule has 124 valence electrons. The summed E-state index contributed by atoms with van der Waals surface area (Å²) in [4.78, 5) is 11.8. The zero-order chi connectivity index (χ0) is 16.4. The van der Waals surface area contributed by atoms with E-state index in [0.717, 1.165) is 12.8 Å². The quantitative estimate of drug-likeness (QED) is 0.351. The summed E-state index contributed by atoms with van der Waals surface area (Å²) >= 11 is 0. The third kappa shape index (κ3) is 6.80. The Labute approximate surface area is 132 Å². The predicted molar refractivity (Wildman–Crippen MR) is 85.8 cm³/mol. The van der Waals surface area contributed by atoms with E-state index in [4.69, 9.17) is 10.5 Å². The summed E-state index contributed by atoms with van der Waals surface area (Å²) < 4.78 is 5.16. The number of hydrogen-bond acceptors (Lipinski definition) is 5. The minimum absolute atomic E-state index is 0.192. The van der Waals surface area contributed by atoms with Gasteiger partial charge in [0.25, 0.3) is 0 Å². The summed E-state index contributed by atoms with van der Waals surface area (Å²) in [6, 6.07) is 3.63. The standard InChI is InChI=1S/C17H27NO4/c1-2-3-4-5-6-7-10-22-17(21)14(18)11-13-8-9-15(19)16(20)12-13/h8-9,12,14,19-20H,2-7,10-11,18H2,1H3. The minimum Gasteiger partial charge on any atom is -0.504 e. The molecule has 1 atom stereocenters. The minimum atomic E-state index is -0.760. The van der Waals surface area contributed by atoms with Crippen LogP contribution in [0.2, 0.25) is 0 Å². The van der Waals surface area contributed by atoms with Crippen molar-refractivity contribution in [2.75, 3.05) is 6.61 Å². The number of phenolic OH excluding ortho intramolecular Hbond substituents is 2. The summed E-state index contributed by atoms with van der Waals surface area (Å²) in [6.45, 7) is 2.58. The van der Waals surface area contributed by atoms with E-state index in [1.54, 1.807) is 6.07 Å². The lowest BCUT2D eigenvalue weighted by Crippen LogP contribution is -2.34. The van der Waals surface area contributed by atoms with Gasteiger partial charge < -0.3 is 20.7 Å². The maximum atomic E-state index is 11.8. The smallest absolute Gasteiger partial charge is 0.323 e. The SMILES string of the molecule is CCCCCCCCOC(=O)C(N)Cc1ccc(O)c(O)c1. The van der Waals surface area contributed by atoms with Crippen molar-refractivity contribution in [3.63, 3.8) is 0 Å². The normalized spacial score (nSPS) is 12.1. The number of esters is 1. The van der Waals surface area contributed by atoms with Crippen LogP contribution in [-0.2, 0) is 16.0 Å². The van der Waals surface area contributed by atoms with Crippen LogP contribution in [0.3, 0.4) is 0 Å². The molecule has 0 aliphatic heterocycles. The van der Waals surface area contributed by atoms with Gasteiger partial charge in [-0.3, -0.25) is 4.79 Å². The number of ether oxygens (including phenoxy) is 1. The Morgan fingerprint density at radius 2 is 1.82 bits per heavy atom. The molecule has 1 rings (SSSR count). The van der Waals surface area contributed by atoms with Gasteiger partial charge in [-0.25, -0.2) is 0 Å². The molecule has 1 aromatic rings. The average Bonchev–Trinajstić information content (AvgIpc) is 2.49. The van der Waals surface area contributed by atoms with Crippen LogP contribution in [0.25, 0.3) is 0 Å². The first kappa shape index (κ1) is 18.3. The molecule has 22 heavy (non-hydrogen) atoms. The zero-order valence-corrected chi connectivity index (χ0v) is 13.3. The van der Waals surface area contributed by atoms with Gasteiger partial charge in [-0.05, 0) is 30.5 Å². The van der Waals surface area contributed by atoms with Gasteiger partial charge in [-0.2, -0.15) is 0 Å². The highest BCUT2D eigenvalue weighted by molar-refractivity contribution is 5.75. The average molecular weight is 309 g/mol. The topological polar surface area (TPSA) is 92.8 Å². The van der Waals surface area contributed by atoms with Crippen LogP contribution in [0.5, 0.6) is 11.5 Å². The molecule has 0 aliphatic carbocycles. The Bertz CT molecular complexity index is 462. The van der Waals surface area contributed by atoms with E-state index in [1.165, 1.54) is 37.8 Å². The molecule has 0 saturated carbocycles. The van der Waals surface area contributed by atoms with Gasteiger partial charge in [0.1, 0.15) is 6.04 Å². The molecule has 0 aromatic heterocycles. The second kappa shape index (κ2) is 10.1. The molecule has 4 N–H and O–H groups in total. The molecule has 0 amide bonds. The number of phenols is 2. The first-order chi connectivity index (χ1) is 10.5. The first-order valence-electron chi connectivity index (χ1n) is 7.97. The number of rotatable bonds is 10. The number of unbranched alkanes of at least 4 members (excludes halogenated alkanes) is 5. The van der Waals surface area contributed by atoms with Crippen molar-refractivity contribution in [2.24, 2.45) is 5.73 Å². The Balaban J connectivity index is 2.23. The number of benzene rings is 1. The Morgan fingerprint density at radius 1 is 1.14 bits per heavy atom. The van der Waals surface area contributed by atoms with E-state index in [9.17, 15) is 15.0 Å². The second-order valence-electron chi connectivity index (χ2n) is 5.57. The molecule has 1 aromatic carbocycles. The maximum absolute atomic E-state index is 11.8. The van der Waals surface area contributed by atoms with Crippen LogP contribution in [0.15, 0.2) is 18.2 Å². The molecule has 0 heterocycles. The lowest BCUT2D eigenvalue weighted by atomic mass is 10.1. The number of hydrogen-bond donors (Lipinski definition) is 3. The van der Waals surface area contributed by atoms with E-state index >= 15 is 0 Å². The van der Waals surface area contributed by atoms with Crippen LogP contribution >= 0.6 is 0 Å². The number of aromatic hydroxyl groups is 2. The Morgan fingerprint density at radius 3 is 2.50 bits per heavy atom. The fourth-order valence-corrected chi connectivity index (χ4v) is 2.20. The highest BCUT2D eigenvalue weighted by atomic mass is 16.5. The van der Waals surface area contributed by atoms with Crippen molar-refractivity contribution < 1.29 is 19.7 Å². The molecule has 0 spiro atoms. The summed E-state index contributed by atoms with van der Waals surface area (Å²) in [5, 5.41) is 18.6. The van der Waals surface area contributed by atoms with E-state index < -0.39 is 12.0 Å². The monoisotopic (exact) mass is 309 g/mol. The van der Waals surface area contributed by atoms with Crippen LogP contribution in [0.1, 0.15) is 51.0 Å². The summed E-state index contributed by atoms with van der Waals surface area (Å²) in [5.74, 6) is -0.839. The molecule has 0 saturated heterocycles. The van der Waals surface area contributed by atoms with E-state index in [-0.39, 0.29) is 17.9 Å². The Hall–Kier alpha value is -1.75. The number of carbonyl (C=O) groups excluding carboxylic acids is 1. The second-order valence-corrected chi connectivity index (χ2v) is 5.57. The van der Waals surface area contributed by atoms with Crippen molar-refractivity contribution in [2.45, 2.75) is 57.9 Å². The maximum Gasteiger partial charge on any atom is 0.323 e. The fourth-order valence-electron chi connectivity index (χ4n) is 2.20. The van der Waals surface area contributed by atoms with Gasteiger partial charge in [0, 0.05) is 0 Å². The van der Waals surface area contributed by atoms with Crippen LogP contribution in [0, 0.1) is 0 Å². The molecule has 5 heteroatoms. The third-order valence-electron chi connectivity index (χ3n) is 3.54. The summed E-state index contributed by atoms with van der Waals surface area (Å²) in [7, 11) is 0. The van der Waals surface area contributed by atoms with Gasteiger partial charge in [0.15, 0.2) is 11.5 Å². The number of nitrogens with two attached hydrogens (primary N) is 1. The van der Waals surface area contributed by atoms with Gasteiger partial charge in [0.2, 0.25) is 0 Å². The molecular formula is C17H27NO4. The fraction of sp³-hybridized carbons (Fsp3) is 0.588. The largest absolute Gasteiger partial charge is 0.504 e. The number of carbonyl (C=O) groups is 1. The van der Waals surface area contributed by atoms with Gasteiger partial charge in [0.05, 0.1) is 6.61 Å². The lowest BCUT2D eigenvalue weighted by molar-refractivity contribution is -0.145. The van der Waals surface area contributed by atoms with Gasteiger partial charge in [-0.15, -0.1) is 0 Å². The van der Waals surface area contributed by atoms with E-state index in [1.807, 2.05) is 0 Å². The van der Waals surface area contributed by atoms with Gasteiger partial charge in [-0.1, -0.05) is 45.1 Å². The third-order valence-corrected chi connectivity index (χ3v) is 3.54. The predicted octanol–water partition coefficient (Wildman–Crippen LogP) is 2.87. The molecule has 0 aliphatic rings. The summed E-state index contributed by atoms with van der Waals surface area (Å²) in [6.07, 6.45) is 7.07. The van der Waals surface area contributed by atoms with Crippen LogP contribution < -0.4 is 5.73 Å². The van der Waals surface area contributed by atoms with Crippen LogP contribution in [0.4, 0.5) is 0 Å². The highest BCUT2D eigenvalue weighted by Crippen LogP contribution is 2.25. The van der Waals surface area contributed by atoms with Crippen LogP contribution in [-0.4, -0.2) is 28.8 Å². The summed E-state index contributed by atoms with van der Waals surface area (Å²) in [5.41, 5.74) is 6.48. The van der Waals surface area contributed by atoms with Gasteiger partial charge >= 0.3 is 5.97 Å². The molecule has 1 unspecified atom stereocenters. The van der Waals surface area contributed by atoms with Crippen molar-refractivity contribution in [3.05, 3.63) is 23.8 Å².